The molecule has 2 aromatic rings. The van der Waals surface area contributed by atoms with Crippen LogP contribution in [-0.2, 0) is 17.4 Å². The number of fused-ring (bicyclic) bond motifs is 1. The van der Waals surface area contributed by atoms with Gasteiger partial charge in [-0.2, -0.15) is 13.2 Å². The number of halogens is 3. The maximum Gasteiger partial charge on any atom is 0.416 e. The molecule has 4 nitrogen and oxygen atoms in total. The highest BCUT2D eigenvalue weighted by molar-refractivity contribution is 5.78. The van der Waals surface area contributed by atoms with Gasteiger partial charge in [0.1, 0.15) is 6.61 Å². The predicted molar refractivity (Wildman–Crippen MR) is 93.8 cm³/mol. The third kappa shape index (κ3) is 4.72. The Morgan fingerprint density at radius 1 is 1.15 bits per heavy atom. The zero-order valence-electron chi connectivity index (χ0n) is 14.8. The highest BCUT2D eigenvalue weighted by Gasteiger charge is 2.31. The van der Waals surface area contributed by atoms with Crippen LogP contribution in [-0.4, -0.2) is 36.6 Å². The molecule has 0 fully saturated rings. The van der Waals surface area contributed by atoms with Crippen LogP contribution >= 0.6 is 0 Å². The monoisotopic (exact) mass is 379 g/mol. The van der Waals surface area contributed by atoms with E-state index >= 15 is 0 Å². The number of para-hydroxylation sites is 2. The summed E-state index contributed by atoms with van der Waals surface area (Å²) in [6.45, 7) is 2.87. The Morgan fingerprint density at radius 2 is 1.89 bits per heavy atom. The highest BCUT2D eigenvalue weighted by atomic mass is 19.4. The Balaban J connectivity index is 1.63. The lowest BCUT2D eigenvalue weighted by atomic mass is 10.1. The predicted octanol–water partition coefficient (Wildman–Crippen LogP) is 3.94. The molecule has 0 aliphatic carbocycles. The number of alkyl halides is 3. The summed E-state index contributed by atoms with van der Waals surface area (Å²) in [6.07, 6.45) is -4.85. The average molecular weight is 379 g/mol. The Hall–Kier alpha value is -2.70. The number of nitrogens with zero attached hydrogens (tertiary/aromatic N) is 1. The molecule has 0 radical (unpaired) electrons. The van der Waals surface area contributed by atoms with Gasteiger partial charge in [0.25, 0.3) is 0 Å². The number of rotatable bonds is 5. The molecule has 144 valence electrons. The van der Waals surface area contributed by atoms with Crippen molar-refractivity contribution in [3.8, 4) is 11.5 Å². The van der Waals surface area contributed by atoms with E-state index in [0.29, 0.717) is 36.8 Å². The first-order valence-electron chi connectivity index (χ1n) is 8.69. The van der Waals surface area contributed by atoms with Crippen LogP contribution in [0.2, 0.25) is 0 Å². The molecule has 1 aliphatic rings. The van der Waals surface area contributed by atoms with Crippen molar-refractivity contribution in [1.82, 2.24) is 4.90 Å². The van der Waals surface area contributed by atoms with Crippen LogP contribution in [0, 0.1) is 0 Å². The van der Waals surface area contributed by atoms with Crippen molar-refractivity contribution in [2.24, 2.45) is 0 Å². The minimum atomic E-state index is -4.43. The number of amides is 1. The highest BCUT2D eigenvalue weighted by Crippen LogP contribution is 2.31. The fourth-order valence-corrected chi connectivity index (χ4v) is 2.95. The maximum absolute atomic E-state index is 12.8. The fraction of sp³-hybridized carbons (Fsp3) is 0.350. The second-order valence-corrected chi connectivity index (χ2v) is 6.30. The number of hydrogen-bond donors (Lipinski definition) is 0. The molecular formula is C20H20F3NO3. The van der Waals surface area contributed by atoms with Gasteiger partial charge in [-0.05, 0) is 30.7 Å². The van der Waals surface area contributed by atoms with E-state index in [0.717, 1.165) is 12.1 Å². The van der Waals surface area contributed by atoms with Crippen LogP contribution in [0.4, 0.5) is 13.2 Å². The topological polar surface area (TPSA) is 38.8 Å². The number of carbonyl (C=O) groups excluding carboxylic acids is 1. The van der Waals surface area contributed by atoms with Gasteiger partial charge in [-0.3, -0.25) is 4.79 Å². The molecule has 0 N–H and O–H groups in total. The molecular weight excluding hydrogens is 359 g/mol. The zero-order chi connectivity index (χ0) is 19.4. The largest absolute Gasteiger partial charge is 0.486 e. The van der Waals surface area contributed by atoms with Gasteiger partial charge in [0.2, 0.25) is 5.91 Å². The minimum absolute atomic E-state index is 0.0953. The van der Waals surface area contributed by atoms with Gasteiger partial charge in [0.15, 0.2) is 17.6 Å². The van der Waals surface area contributed by atoms with Crippen molar-refractivity contribution in [3.63, 3.8) is 0 Å². The first kappa shape index (κ1) is 19.1. The van der Waals surface area contributed by atoms with Crippen molar-refractivity contribution < 1.29 is 27.4 Å². The lowest BCUT2D eigenvalue weighted by Crippen LogP contribution is -2.44. The molecule has 0 aromatic heterocycles. The molecule has 0 saturated heterocycles. The summed E-state index contributed by atoms with van der Waals surface area (Å²) in [5, 5.41) is 0. The standard InChI is InChI=1S/C20H20F3NO3/c1-2-24(12-16-13-26-17-8-3-4-9-18(17)27-16)19(25)11-14-6-5-7-15(10-14)20(21,22)23/h3-10,16H,2,11-13H2,1H3/t16-/m1/s1. The van der Waals surface area contributed by atoms with E-state index in [1.807, 2.05) is 25.1 Å². The van der Waals surface area contributed by atoms with Crippen LogP contribution in [0.1, 0.15) is 18.1 Å². The molecule has 1 atom stereocenters. The molecule has 0 saturated carbocycles. The molecule has 0 spiro atoms. The molecule has 27 heavy (non-hydrogen) atoms. The third-order valence-corrected chi connectivity index (χ3v) is 4.34. The maximum atomic E-state index is 12.8. The van der Waals surface area contributed by atoms with Crippen molar-refractivity contribution in [2.75, 3.05) is 19.7 Å². The van der Waals surface area contributed by atoms with E-state index in [9.17, 15) is 18.0 Å². The van der Waals surface area contributed by atoms with Crippen molar-refractivity contribution >= 4 is 5.91 Å². The molecule has 7 heteroatoms. The van der Waals surface area contributed by atoms with Crippen molar-refractivity contribution in [2.45, 2.75) is 25.6 Å². The fourth-order valence-electron chi connectivity index (χ4n) is 2.95. The van der Waals surface area contributed by atoms with Crippen LogP contribution < -0.4 is 9.47 Å². The summed E-state index contributed by atoms with van der Waals surface area (Å²) in [5.74, 6) is 1.03. The van der Waals surface area contributed by atoms with Gasteiger partial charge >= 0.3 is 6.18 Å². The molecule has 1 heterocycles. The number of benzene rings is 2. The number of hydrogen-bond acceptors (Lipinski definition) is 3. The molecule has 3 rings (SSSR count). The van der Waals surface area contributed by atoms with Gasteiger partial charge in [-0.15, -0.1) is 0 Å². The number of ether oxygens (including phenoxy) is 2. The van der Waals surface area contributed by atoms with Crippen LogP contribution in [0.15, 0.2) is 48.5 Å². The molecule has 1 amide bonds. The Kier molecular flexibility index (Phi) is 5.58. The van der Waals surface area contributed by atoms with E-state index < -0.39 is 11.7 Å². The van der Waals surface area contributed by atoms with Gasteiger partial charge in [-0.25, -0.2) is 0 Å². The van der Waals surface area contributed by atoms with Crippen LogP contribution in [0.5, 0.6) is 11.5 Å². The summed E-state index contributed by atoms with van der Waals surface area (Å²) in [7, 11) is 0. The van der Waals surface area contributed by atoms with E-state index in [1.165, 1.54) is 12.1 Å². The van der Waals surface area contributed by atoms with Crippen LogP contribution in [0.3, 0.4) is 0 Å². The Labute approximate surface area is 155 Å². The summed E-state index contributed by atoms with van der Waals surface area (Å²) in [4.78, 5) is 14.1. The van der Waals surface area contributed by atoms with Crippen molar-refractivity contribution in [1.29, 1.82) is 0 Å². The summed E-state index contributed by atoms with van der Waals surface area (Å²) in [6, 6.07) is 12.1. The molecule has 0 bridgehead atoms. The lowest BCUT2D eigenvalue weighted by Gasteiger charge is -2.31. The van der Waals surface area contributed by atoms with Gasteiger partial charge in [0.05, 0.1) is 18.5 Å². The van der Waals surface area contributed by atoms with E-state index in [2.05, 4.69) is 0 Å². The first-order valence-corrected chi connectivity index (χ1v) is 8.69. The van der Waals surface area contributed by atoms with Gasteiger partial charge in [0, 0.05) is 6.54 Å². The van der Waals surface area contributed by atoms with Crippen LogP contribution in [0.25, 0.3) is 0 Å². The van der Waals surface area contributed by atoms with E-state index in [-0.39, 0.29) is 18.4 Å². The SMILES string of the molecule is CCN(C[C@@H]1COc2ccccc2O1)C(=O)Cc1cccc(C(F)(F)F)c1. The van der Waals surface area contributed by atoms with E-state index in [4.69, 9.17) is 9.47 Å². The normalized spacial score (nSPS) is 16.1. The third-order valence-electron chi connectivity index (χ3n) is 4.34. The molecule has 2 aromatic carbocycles. The van der Waals surface area contributed by atoms with Gasteiger partial charge < -0.3 is 14.4 Å². The summed E-state index contributed by atoms with van der Waals surface area (Å²) in [5.41, 5.74) is -0.420. The first-order chi connectivity index (χ1) is 12.9. The summed E-state index contributed by atoms with van der Waals surface area (Å²) >= 11 is 0. The number of carbonyl (C=O) groups is 1. The quantitative estimate of drug-likeness (QED) is 0.790. The zero-order valence-corrected chi connectivity index (χ0v) is 14.8. The van der Waals surface area contributed by atoms with Gasteiger partial charge in [-0.1, -0.05) is 30.3 Å². The van der Waals surface area contributed by atoms with E-state index in [1.54, 1.807) is 11.0 Å². The second kappa shape index (κ2) is 7.90. The summed E-state index contributed by atoms with van der Waals surface area (Å²) < 4.78 is 50.0. The van der Waals surface area contributed by atoms with Crippen molar-refractivity contribution in [3.05, 3.63) is 59.7 Å². The Bertz CT molecular complexity index is 807. The smallest absolute Gasteiger partial charge is 0.416 e. The molecule has 0 unspecified atom stereocenters. The Morgan fingerprint density at radius 3 is 2.59 bits per heavy atom. The second-order valence-electron chi connectivity index (χ2n) is 6.30. The molecule has 1 aliphatic heterocycles. The number of likely N-dealkylation sites (N-methyl/N-ethyl adjacent to an activating group) is 1. The average Bonchev–Trinajstić information content (AvgIpc) is 2.65. The lowest BCUT2D eigenvalue weighted by molar-refractivity contribution is -0.138. The minimum Gasteiger partial charge on any atom is -0.486 e.